The van der Waals surface area contributed by atoms with E-state index in [4.69, 9.17) is 4.98 Å². The van der Waals surface area contributed by atoms with Gasteiger partial charge < -0.3 is 4.98 Å². The molecule has 1 unspecified atom stereocenters. The van der Waals surface area contributed by atoms with Crippen molar-refractivity contribution in [1.82, 2.24) is 30.1 Å². The van der Waals surface area contributed by atoms with Gasteiger partial charge in [0.1, 0.15) is 5.69 Å². The van der Waals surface area contributed by atoms with Crippen molar-refractivity contribution in [1.29, 1.82) is 0 Å². The molecule has 6 rings (SSSR count). The van der Waals surface area contributed by atoms with Gasteiger partial charge in [0.05, 0.1) is 16.6 Å². The Balaban J connectivity index is 1.44. The molecule has 178 valence electrons. The fraction of sp³-hybridized carbons (Fsp3) is 0.200. The zero-order chi connectivity index (χ0) is 24.6. The van der Waals surface area contributed by atoms with Crippen LogP contribution in [0, 0.1) is 12.8 Å². The number of hydrogen-bond acceptors (Lipinski definition) is 4. The molecule has 0 spiro atoms. The number of rotatable bonds is 6. The van der Waals surface area contributed by atoms with Crippen LogP contribution < -0.4 is 0 Å². The number of aromatic nitrogens is 6. The molecule has 0 aliphatic carbocycles. The first kappa shape index (κ1) is 22.2. The van der Waals surface area contributed by atoms with Gasteiger partial charge in [-0.1, -0.05) is 38.5 Å². The third-order valence-corrected chi connectivity index (χ3v) is 7.17. The number of nitrogens with zero attached hydrogens (tertiary/aromatic N) is 4. The largest absolute Gasteiger partial charge is 0.337 e. The maximum atomic E-state index is 5.01. The average Bonchev–Trinajstić information content (AvgIpc) is 3.53. The van der Waals surface area contributed by atoms with Crippen LogP contribution in [0.3, 0.4) is 0 Å². The van der Waals surface area contributed by atoms with Crippen molar-refractivity contribution in [2.45, 2.75) is 33.6 Å². The Kier molecular flexibility index (Phi) is 5.56. The third-order valence-electron chi connectivity index (χ3n) is 7.17. The molecular formula is C30H28N6. The minimum absolute atomic E-state index is 0.615. The summed E-state index contributed by atoms with van der Waals surface area (Å²) < 4.78 is 0. The SMILES string of the molecule is CCC(C)Cc1cccc2[nH]c(-c3n[nH]c4ccc(-c5cncc(-c6ccncc6)c5C)cc34)nc12. The van der Waals surface area contributed by atoms with Gasteiger partial charge in [-0.05, 0) is 71.8 Å². The zero-order valence-corrected chi connectivity index (χ0v) is 20.7. The van der Waals surface area contributed by atoms with Crippen LogP contribution in [-0.4, -0.2) is 30.1 Å². The first-order chi connectivity index (χ1) is 17.6. The Labute approximate surface area is 209 Å². The van der Waals surface area contributed by atoms with Gasteiger partial charge in [-0.2, -0.15) is 5.10 Å². The number of imidazole rings is 1. The van der Waals surface area contributed by atoms with E-state index in [1.54, 1.807) is 0 Å². The van der Waals surface area contributed by atoms with Gasteiger partial charge in [0.15, 0.2) is 5.82 Å². The second-order valence-electron chi connectivity index (χ2n) is 9.54. The van der Waals surface area contributed by atoms with E-state index in [2.05, 4.69) is 82.3 Å². The maximum Gasteiger partial charge on any atom is 0.159 e. The standard InChI is InChI=1S/C30H28N6/c1-4-18(2)14-22-6-5-7-27-28(22)34-30(33-27)29-23-15-21(8-9-26(23)35-36-29)25-17-32-16-24(19(25)3)20-10-12-31-13-11-20/h5-13,15-18H,4,14H2,1-3H3,(H,33,34)(H,35,36). The van der Waals surface area contributed by atoms with Crippen LogP contribution in [-0.2, 0) is 6.42 Å². The second-order valence-corrected chi connectivity index (χ2v) is 9.54. The van der Waals surface area contributed by atoms with E-state index in [0.29, 0.717) is 5.92 Å². The molecule has 36 heavy (non-hydrogen) atoms. The van der Waals surface area contributed by atoms with Crippen molar-refractivity contribution in [3.63, 3.8) is 0 Å². The molecule has 4 heterocycles. The lowest BCUT2D eigenvalue weighted by Gasteiger charge is -2.11. The van der Waals surface area contributed by atoms with E-state index >= 15 is 0 Å². The Morgan fingerprint density at radius 1 is 0.889 bits per heavy atom. The Bertz CT molecular complexity index is 1680. The molecule has 0 aliphatic rings. The fourth-order valence-corrected chi connectivity index (χ4v) is 4.89. The summed E-state index contributed by atoms with van der Waals surface area (Å²) in [4.78, 5) is 17.2. The van der Waals surface area contributed by atoms with Crippen molar-refractivity contribution >= 4 is 21.9 Å². The molecule has 0 amide bonds. The number of fused-ring (bicyclic) bond motifs is 2. The quantitative estimate of drug-likeness (QED) is 0.270. The predicted octanol–water partition coefficient (Wildman–Crippen LogP) is 7.13. The first-order valence-corrected chi connectivity index (χ1v) is 12.4. The summed E-state index contributed by atoms with van der Waals surface area (Å²) in [5.41, 5.74) is 10.7. The van der Waals surface area contributed by atoms with Gasteiger partial charge in [-0.25, -0.2) is 4.98 Å². The van der Waals surface area contributed by atoms with E-state index in [0.717, 1.165) is 68.6 Å². The zero-order valence-electron chi connectivity index (χ0n) is 20.7. The molecule has 1 atom stereocenters. The van der Waals surface area contributed by atoms with Crippen LogP contribution in [0.1, 0.15) is 31.4 Å². The van der Waals surface area contributed by atoms with E-state index in [1.807, 2.05) is 36.9 Å². The van der Waals surface area contributed by atoms with Crippen LogP contribution in [0.2, 0.25) is 0 Å². The van der Waals surface area contributed by atoms with Gasteiger partial charge in [-0.3, -0.25) is 15.1 Å². The summed E-state index contributed by atoms with van der Waals surface area (Å²) in [6.07, 6.45) is 9.64. The maximum absolute atomic E-state index is 5.01. The van der Waals surface area contributed by atoms with Crippen LogP contribution in [0.25, 0.3) is 55.7 Å². The molecule has 6 aromatic rings. The summed E-state index contributed by atoms with van der Waals surface area (Å²) in [5, 5.41) is 8.86. The summed E-state index contributed by atoms with van der Waals surface area (Å²) in [6, 6.07) is 16.8. The number of pyridine rings is 2. The van der Waals surface area contributed by atoms with E-state index in [9.17, 15) is 0 Å². The molecule has 4 aromatic heterocycles. The molecule has 0 radical (unpaired) electrons. The lowest BCUT2D eigenvalue weighted by molar-refractivity contribution is 0.562. The van der Waals surface area contributed by atoms with Gasteiger partial charge >= 0.3 is 0 Å². The molecule has 0 saturated heterocycles. The highest BCUT2D eigenvalue weighted by atomic mass is 15.1. The van der Waals surface area contributed by atoms with Crippen molar-refractivity contribution in [3.8, 4) is 33.8 Å². The van der Waals surface area contributed by atoms with Crippen molar-refractivity contribution in [2.75, 3.05) is 0 Å². The molecule has 6 nitrogen and oxygen atoms in total. The predicted molar refractivity (Wildman–Crippen MR) is 146 cm³/mol. The number of para-hydroxylation sites is 1. The molecule has 0 bridgehead atoms. The smallest absolute Gasteiger partial charge is 0.159 e. The fourth-order valence-electron chi connectivity index (χ4n) is 4.89. The van der Waals surface area contributed by atoms with Crippen LogP contribution in [0.15, 0.2) is 73.3 Å². The number of benzene rings is 2. The number of nitrogens with one attached hydrogen (secondary N) is 2. The molecule has 0 fully saturated rings. The number of hydrogen-bond donors (Lipinski definition) is 2. The van der Waals surface area contributed by atoms with Crippen molar-refractivity contribution in [2.24, 2.45) is 5.92 Å². The Hall–Kier alpha value is -4.32. The molecule has 0 aliphatic heterocycles. The van der Waals surface area contributed by atoms with E-state index in [1.165, 1.54) is 11.1 Å². The molecule has 2 N–H and O–H groups in total. The van der Waals surface area contributed by atoms with Crippen LogP contribution in [0.5, 0.6) is 0 Å². The summed E-state index contributed by atoms with van der Waals surface area (Å²) in [6.45, 7) is 6.67. The van der Waals surface area contributed by atoms with Gasteiger partial charge in [0.25, 0.3) is 0 Å². The van der Waals surface area contributed by atoms with Crippen molar-refractivity contribution < 1.29 is 0 Å². The van der Waals surface area contributed by atoms with Gasteiger partial charge in [0, 0.05) is 41.3 Å². The highest BCUT2D eigenvalue weighted by molar-refractivity contribution is 5.96. The number of aromatic amines is 2. The summed E-state index contributed by atoms with van der Waals surface area (Å²) in [7, 11) is 0. The topological polar surface area (TPSA) is 83.1 Å². The Morgan fingerprint density at radius 2 is 1.69 bits per heavy atom. The van der Waals surface area contributed by atoms with Gasteiger partial charge in [-0.15, -0.1) is 0 Å². The average molecular weight is 473 g/mol. The van der Waals surface area contributed by atoms with Crippen LogP contribution in [0.4, 0.5) is 0 Å². The molecule has 2 aromatic carbocycles. The van der Waals surface area contributed by atoms with E-state index in [-0.39, 0.29) is 0 Å². The lowest BCUT2D eigenvalue weighted by atomic mass is 9.95. The minimum Gasteiger partial charge on any atom is -0.337 e. The highest BCUT2D eigenvalue weighted by Crippen LogP contribution is 2.34. The highest BCUT2D eigenvalue weighted by Gasteiger charge is 2.17. The van der Waals surface area contributed by atoms with E-state index < -0.39 is 0 Å². The summed E-state index contributed by atoms with van der Waals surface area (Å²) >= 11 is 0. The first-order valence-electron chi connectivity index (χ1n) is 12.4. The second kappa shape index (κ2) is 9.04. The molecular weight excluding hydrogens is 444 g/mol. The normalized spacial score (nSPS) is 12.4. The molecule has 0 saturated carbocycles. The minimum atomic E-state index is 0.615. The third kappa shape index (κ3) is 3.85. The lowest BCUT2D eigenvalue weighted by Crippen LogP contribution is -1.98. The Morgan fingerprint density at radius 3 is 2.50 bits per heavy atom. The summed E-state index contributed by atoms with van der Waals surface area (Å²) in [5.74, 6) is 1.40. The molecule has 6 heteroatoms. The number of H-pyrrole nitrogens is 2. The van der Waals surface area contributed by atoms with Crippen LogP contribution >= 0.6 is 0 Å². The van der Waals surface area contributed by atoms with Gasteiger partial charge in [0.2, 0.25) is 0 Å². The van der Waals surface area contributed by atoms with Crippen molar-refractivity contribution in [3.05, 3.63) is 84.4 Å². The monoisotopic (exact) mass is 472 g/mol.